The second kappa shape index (κ2) is 10.1. The average molecular weight is 447 g/mol. The van der Waals surface area contributed by atoms with Crippen molar-refractivity contribution in [3.8, 4) is 17.1 Å². The number of hydrogen-bond donors (Lipinski definition) is 2. The van der Waals surface area contributed by atoms with Crippen molar-refractivity contribution in [3.63, 3.8) is 0 Å². The zero-order valence-electron chi connectivity index (χ0n) is 18.7. The number of methoxy groups -OCH3 is 1. The van der Waals surface area contributed by atoms with Gasteiger partial charge in [0.15, 0.2) is 0 Å². The maximum Gasteiger partial charge on any atom is 0.292 e. The van der Waals surface area contributed by atoms with Crippen molar-refractivity contribution in [3.05, 3.63) is 65.7 Å². The number of para-hydroxylation sites is 1. The molecule has 8 nitrogen and oxygen atoms in total. The van der Waals surface area contributed by atoms with E-state index in [2.05, 4.69) is 20.4 Å². The lowest BCUT2D eigenvalue weighted by atomic mass is 10.1. The quantitative estimate of drug-likeness (QED) is 0.214. The summed E-state index contributed by atoms with van der Waals surface area (Å²) in [6.07, 6.45) is 3.12. The summed E-state index contributed by atoms with van der Waals surface area (Å²) in [5, 5.41) is 7.53. The monoisotopic (exact) mass is 446 g/mol. The fourth-order valence-corrected chi connectivity index (χ4v) is 3.76. The highest BCUT2D eigenvalue weighted by molar-refractivity contribution is 6.45. The van der Waals surface area contributed by atoms with Gasteiger partial charge in [-0.15, -0.1) is 0 Å². The number of amides is 1. The third-order valence-electron chi connectivity index (χ3n) is 5.50. The predicted molar refractivity (Wildman–Crippen MR) is 124 cm³/mol. The fourth-order valence-electron chi connectivity index (χ4n) is 3.76. The molecule has 0 radical (unpaired) electrons. The van der Waals surface area contributed by atoms with Crippen molar-refractivity contribution in [2.75, 3.05) is 13.7 Å². The van der Waals surface area contributed by atoms with E-state index in [1.54, 1.807) is 14.0 Å². The van der Waals surface area contributed by atoms with E-state index in [4.69, 9.17) is 9.26 Å². The third kappa shape index (κ3) is 5.11. The molecule has 0 fully saturated rings. The normalized spacial score (nSPS) is 11.0. The van der Waals surface area contributed by atoms with Crippen LogP contribution < -0.4 is 10.1 Å². The van der Waals surface area contributed by atoms with Gasteiger partial charge in [-0.25, -0.2) is 0 Å². The van der Waals surface area contributed by atoms with Crippen LogP contribution in [0.15, 0.2) is 53.1 Å². The van der Waals surface area contributed by atoms with Crippen molar-refractivity contribution in [1.82, 2.24) is 20.4 Å². The Hall–Kier alpha value is -3.94. The first kappa shape index (κ1) is 22.3. The molecule has 8 heteroatoms. The number of fused-ring (bicyclic) bond motifs is 1. The highest BCUT2D eigenvalue weighted by Gasteiger charge is 2.22. The molecule has 0 unspecified atom stereocenters. The molecule has 33 heavy (non-hydrogen) atoms. The fraction of sp³-hybridized carbons (Fsp3) is 0.280. The van der Waals surface area contributed by atoms with Crippen molar-refractivity contribution in [1.29, 1.82) is 0 Å². The highest BCUT2D eigenvalue weighted by atomic mass is 16.5. The summed E-state index contributed by atoms with van der Waals surface area (Å²) in [5.74, 6) is 0.805. The molecule has 0 saturated heterocycles. The second-order valence-electron chi connectivity index (χ2n) is 7.81. The molecule has 2 N–H and O–H groups in total. The number of aromatic amines is 1. The Labute approximate surface area is 191 Å². The lowest BCUT2D eigenvalue weighted by Crippen LogP contribution is -2.32. The van der Waals surface area contributed by atoms with E-state index < -0.39 is 11.7 Å². The minimum absolute atomic E-state index is 0.437. The van der Waals surface area contributed by atoms with Crippen molar-refractivity contribution < 1.29 is 18.8 Å². The van der Waals surface area contributed by atoms with Crippen LogP contribution in [-0.4, -0.2) is 40.5 Å². The van der Waals surface area contributed by atoms with Gasteiger partial charge in [-0.2, -0.15) is 4.98 Å². The van der Waals surface area contributed by atoms with Crippen LogP contribution in [0, 0.1) is 6.92 Å². The van der Waals surface area contributed by atoms with E-state index in [-0.39, 0.29) is 0 Å². The Morgan fingerprint density at radius 3 is 2.64 bits per heavy atom. The lowest BCUT2D eigenvalue weighted by Gasteiger charge is -2.04. The number of carbonyl (C=O) groups is 2. The van der Waals surface area contributed by atoms with E-state index in [9.17, 15) is 9.59 Å². The molecule has 0 aliphatic carbocycles. The number of ketones is 1. The molecule has 170 valence electrons. The van der Waals surface area contributed by atoms with Gasteiger partial charge in [0.2, 0.25) is 11.7 Å². The topological polar surface area (TPSA) is 110 Å². The van der Waals surface area contributed by atoms with Gasteiger partial charge in [0.25, 0.3) is 11.7 Å². The van der Waals surface area contributed by atoms with Crippen molar-refractivity contribution in [2.45, 2.75) is 32.6 Å². The maximum absolute atomic E-state index is 12.6. The summed E-state index contributed by atoms with van der Waals surface area (Å²) in [6, 6.07) is 14.9. The number of hydrogen-bond acceptors (Lipinski definition) is 6. The summed E-state index contributed by atoms with van der Waals surface area (Å²) in [5.41, 5.74) is 2.85. The van der Waals surface area contributed by atoms with E-state index in [0.717, 1.165) is 41.5 Å². The van der Waals surface area contributed by atoms with E-state index in [1.807, 2.05) is 48.5 Å². The summed E-state index contributed by atoms with van der Waals surface area (Å²) in [6.45, 7) is 2.24. The first-order valence-electron chi connectivity index (χ1n) is 10.9. The Kier molecular flexibility index (Phi) is 6.83. The number of aromatic nitrogens is 3. The van der Waals surface area contributed by atoms with Crippen LogP contribution >= 0.6 is 0 Å². The first-order valence-corrected chi connectivity index (χ1v) is 10.9. The molecule has 0 aliphatic heterocycles. The maximum atomic E-state index is 12.6. The van der Waals surface area contributed by atoms with Crippen LogP contribution in [0.5, 0.6) is 5.75 Å². The standard InChI is InChI=1S/C25H26N4O4/c1-16-22(19-8-5-6-9-20(19)27-16)23(30)25(31)26-15-7-3-4-10-21-28-24(29-33-21)17-11-13-18(32-2)14-12-17/h5-6,8-9,11-14,27H,3-4,7,10,15H2,1-2H3,(H,26,31). The van der Waals surface area contributed by atoms with Gasteiger partial charge in [-0.3, -0.25) is 9.59 Å². The third-order valence-corrected chi connectivity index (χ3v) is 5.50. The molecule has 0 atom stereocenters. The number of unbranched alkanes of at least 4 members (excludes halogenated alkanes) is 2. The lowest BCUT2D eigenvalue weighted by molar-refractivity contribution is -0.117. The molecule has 0 aliphatic rings. The van der Waals surface area contributed by atoms with Gasteiger partial charge in [-0.1, -0.05) is 29.8 Å². The van der Waals surface area contributed by atoms with Gasteiger partial charge >= 0.3 is 0 Å². The Balaban J connectivity index is 1.20. The summed E-state index contributed by atoms with van der Waals surface area (Å²) < 4.78 is 10.5. The molecular weight excluding hydrogens is 420 g/mol. The largest absolute Gasteiger partial charge is 0.497 e. The number of carbonyl (C=O) groups excluding carboxylic acids is 2. The zero-order valence-corrected chi connectivity index (χ0v) is 18.7. The number of nitrogens with zero attached hydrogens (tertiary/aromatic N) is 2. The van der Waals surface area contributed by atoms with Crippen LogP contribution in [0.3, 0.4) is 0 Å². The number of rotatable bonds is 10. The first-order chi connectivity index (χ1) is 16.1. The molecule has 0 bridgehead atoms. The molecular formula is C25H26N4O4. The average Bonchev–Trinajstić information content (AvgIpc) is 3.44. The summed E-state index contributed by atoms with van der Waals surface area (Å²) in [4.78, 5) is 32.6. The Morgan fingerprint density at radius 1 is 1.06 bits per heavy atom. The number of benzene rings is 2. The smallest absolute Gasteiger partial charge is 0.292 e. The zero-order chi connectivity index (χ0) is 23.2. The molecule has 4 rings (SSSR count). The van der Waals surface area contributed by atoms with Crippen molar-refractivity contribution >= 4 is 22.6 Å². The van der Waals surface area contributed by atoms with Gasteiger partial charge < -0.3 is 19.6 Å². The van der Waals surface area contributed by atoms with E-state index in [0.29, 0.717) is 35.9 Å². The Bertz CT molecular complexity index is 1260. The van der Waals surface area contributed by atoms with Crippen molar-refractivity contribution in [2.24, 2.45) is 0 Å². The number of ether oxygens (including phenoxy) is 1. The molecule has 2 aromatic heterocycles. The van der Waals surface area contributed by atoms with Crippen LogP contribution in [0.2, 0.25) is 0 Å². The molecule has 2 heterocycles. The van der Waals surface area contributed by atoms with Crippen LogP contribution in [-0.2, 0) is 11.2 Å². The van der Waals surface area contributed by atoms with Crippen LogP contribution in [0.25, 0.3) is 22.3 Å². The van der Waals surface area contributed by atoms with Crippen LogP contribution in [0.1, 0.15) is 41.2 Å². The number of aryl methyl sites for hydroxylation is 2. The number of nitrogens with one attached hydrogen (secondary N) is 2. The van der Waals surface area contributed by atoms with E-state index in [1.165, 1.54) is 0 Å². The van der Waals surface area contributed by atoms with Gasteiger partial charge in [-0.05, 0) is 50.1 Å². The van der Waals surface area contributed by atoms with Gasteiger partial charge in [0.05, 0.1) is 12.7 Å². The summed E-state index contributed by atoms with van der Waals surface area (Å²) >= 11 is 0. The molecule has 0 spiro atoms. The van der Waals surface area contributed by atoms with Gasteiger partial charge in [0, 0.05) is 35.1 Å². The SMILES string of the molecule is COc1ccc(-c2noc(CCCCCNC(=O)C(=O)c3c(C)[nH]c4ccccc34)n2)cc1. The number of H-pyrrole nitrogens is 1. The molecule has 2 aromatic carbocycles. The van der Waals surface area contributed by atoms with E-state index >= 15 is 0 Å². The minimum atomic E-state index is -0.580. The van der Waals surface area contributed by atoms with Crippen LogP contribution in [0.4, 0.5) is 0 Å². The molecule has 1 amide bonds. The molecule has 4 aromatic rings. The van der Waals surface area contributed by atoms with Gasteiger partial charge in [0.1, 0.15) is 5.75 Å². The predicted octanol–water partition coefficient (Wildman–Crippen LogP) is 4.25. The Morgan fingerprint density at radius 2 is 1.85 bits per heavy atom. The minimum Gasteiger partial charge on any atom is -0.497 e. The summed E-state index contributed by atoms with van der Waals surface area (Å²) in [7, 11) is 1.62. The second-order valence-corrected chi connectivity index (χ2v) is 7.81. The molecule has 0 saturated carbocycles. The number of Topliss-reactive ketones (excluding diaryl/α,β-unsaturated/α-hetero) is 1. The highest BCUT2D eigenvalue weighted by Crippen LogP contribution is 2.22.